The lowest BCUT2D eigenvalue weighted by atomic mass is 9.89. The first-order valence-electron chi connectivity index (χ1n) is 6.66. The van der Waals surface area contributed by atoms with Gasteiger partial charge < -0.3 is 0 Å². The fourth-order valence-electron chi connectivity index (χ4n) is 2.60. The zero-order valence-corrected chi connectivity index (χ0v) is 13.3. The summed E-state index contributed by atoms with van der Waals surface area (Å²) in [6.07, 6.45) is 1.54. The van der Waals surface area contributed by atoms with Crippen LogP contribution in [0.4, 0.5) is 26.3 Å². The number of thiophene rings is 1. The van der Waals surface area contributed by atoms with Gasteiger partial charge in [-0.25, -0.2) is 8.78 Å². The van der Waals surface area contributed by atoms with Crippen molar-refractivity contribution in [3.8, 4) is 0 Å². The van der Waals surface area contributed by atoms with Crippen LogP contribution in [0.25, 0.3) is 0 Å². The molecule has 22 heavy (non-hydrogen) atoms. The first-order chi connectivity index (χ1) is 10.1. The summed E-state index contributed by atoms with van der Waals surface area (Å²) in [6, 6.07) is 0. The van der Waals surface area contributed by atoms with Crippen LogP contribution < -0.4 is 0 Å². The molecule has 124 valence electrons. The van der Waals surface area contributed by atoms with Crippen LogP contribution in [0, 0.1) is 6.92 Å². The van der Waals surface area contributed by atoms with Crippen molar-refractivity contribution in [2.45, 2.75) is 50.9 Å². The van der Waals surface area contributed by atoms with Crippen LogP contribution in [0.2, 0.25) is 4.34 Å². The molecule has 1 aromatic heterocycles. The predicted molar refractivity (Wildman–Crippen MR) is 74.6 cm³/mol. The van der Waals surface area contributed by atoms with E-state index in [1.165, 1.54) is 6.92 Å². The van der Waals surface area contributed by atoms with Crippen molar-refractivity contribution in [2.75, 3.05) is 0 Å². The molecule has 1 heterocycles. The zero-order valence-electron chi connectivity index (χ0n) is 11.8. The van der Waals surface area contributed by atoms with Crippen LogP contribution >= 0.6 is 22.9 Å². The molecule has 0 saturated carbocycles. The molecule has 2 rings (SSSR count). The number of aryl methyl sites for hydroxylation is 1. The fraction of sp³-hybridized carbons (Fsp3) is 0.571. The van der Waals surface area contributed by atoms with Gasteiger partial charge in [-0.1, -0.05) is 24.9 Å². The molecule has 0 aliphatic heterocycles. The van der Waals surface area contributed by atoms with E-state index in [1.54, 1.807) is 0 Å². The number of unbranched alkanes of at least 4 members (excludes halogenated alkanes) is 1. The van der Waals surface area contributed by atoms with Gasteiger partial charge >= 0.3 is 11.8 Å². The third kappa shape index (κ3) is 2.37. The summed E-state index contributed by atoms with van der Waals surface area (Å²) in [4.78, 5) is 0.196. The molecule has 0 spiro atoms. The number of hydrogen-bond acceptors (Lipinski definition) is 1. The van der Waals surface area contributed by atoms with Gasteiger partial charge in [-0.3, -0.25) is 0 Å². The van der Waals surface area contributed by atoms with E-state index in [1.807, 2.05) is 6.92 Å². The molecule has 0 aromatic carbocycles. The lowest BCUT2D eigenvalue weighted by molar-refractivity contribution is -0.189. The summed E-state index contributed by atoms with van der Waals surface area (Å²) in [5.74, 6) is -17.4. The molecule has 1 aliphatic carbocycles. The maximum absolute atomic E-state index is 14.0. The standard InChI is InChI=1S/C14H13ClF6S/c1-3-4-5-7-8(6(2)22-12(7)15)9-10(16)11(17)14(20,21)13(9,18)19/h9H,3-5H2,1-2H3. The summed E-state index contributed by atoms with van der Waals surface area (Å²) >= 11 is 6.88. The second-order valence-electron chi connectivity index (χ2n) is 5.22. The molecule has 8 heteroatoms. The van der Waals surface area contributed by atoms with Crippen LogP contribution in [0.3, 0.4) is 0 Å². The van der Waals surface area contributed by atoms with E-state index in [2.05, 4.69) is 0 Å². The van der Waals surface area contributed by atoms with Crippen molar-refractivity contribution in [2.24, 2.45) is 0 Å². The first-order valence-corrected chi connectivity index (χ1v) is 7.85. The van der Waals surface area contributed by atoms with Gasteiger partial charge in [-0.15, -0.1) is 11.3 Å². The van der Waals surface area contributed by atoms with Crippen LogP contribution in [-0.4, -0.2) is 11.8 Å². The average molecular weight is 363 g/mol. The number of hydrogen-bond donors (Lipinski definition) is 0. The molecule has 0 N–H and O–H groups in total. The second kappa shape index (κ2) is 5.74. The van der Waals surface area contributed by atoms with E-state index in [4.69, 9.17) is 11.6 Å². The van der Waals surface area contributed by atoms with Crippen molar-refractivity contribution < 1.29 is 26.3 Å². The van der Waals surface area contributed by atoms with Gasteiger partial charge in [0, 0.05) is 4.88 Å². The molecule has 0 radical (unpaired) electrons. The van der Waals surface area contributed by atoms with Gasteiger partial charge in [0.15, 0.2) is 5.83 Å². The van der Waals surface area contributed by atoms with E-state index in [0.717, 1.165) is 11.3 Å². The second-order valence-corrected chi connectivity index (χ2v) is 7.05. The average Bonchev–Trinajstić information content (AvgIpc) is 2.74. The van der Waals surface area contributed by atoms with Gasteiger partial charge in [0.25, 0.3) is 0 Å². The number of allylic oxidation sites excluding steroid dienone is 2. The predicted octanol–water partition coefficient (Wildman–Crippen LogP) is 6.57. The van der Waals surface area contributed by atoms with E-state index < -0.39 is 29.4 Å². The monoisotopic (exact) mass is 362 g/mol. The zero-order chi connectivity index (χ0) is 16.9. The Balaban J connectivity index is 2.62. The first kappa shape index (κ1) is 17.7. The molecule has 0 nitrogen and oxygen atoms in total. The van der Waals surface area contributed by atoms with Crippen molar-refractivity contribution in [3.05, 3.63) is 32.0 Å². The smallest absolute Gasteiger partial charge is 0.208 e. The van der Waals surface area contributed by atoms with Crippen LogP contribution in [0.1, 0.15) is 41.7 Å². The SMILES string of the molecule is CCCCc1c(Cl)sc(C)c1C1C(F)=C(F)C(F)(F)C1(F)F. The Morgan fingerprint density at radius 2 is 1.77 bits per heavy atom. The summed E-state index contributed by atoms with van der Waals surface area (Å²) in [5, 5.41) is 0. The van der Waals surface area contributed by atoms with Crippen LogP contribution in [0.5, 0.6) is 0 Å². The molecule has 0 bridgehead atoms. The summed E-state index contributed by atoms with van der Waals surface area (Å²) < 4.78 is 82.0. The Kier molecular flexibility index (Phi) is 4.61. The Hall–Kier alpha value is -0.690. The maximum Gasteiger partial charge on any atom is 0.364 e. The number of alkyl halides is 4. The summed E-state index contributed by atoms with van der Waals surface area (Å²) in [6.45, 7) is 3.24. The highest BCUT2D eigenvalue weighted by molar-refractivity contribution is 7.16. The highest BCUT2D eigenvalue weighted by Crippen LogP contribution is 2.61. The molecular weight excluding hydrogens is 350 g/mol. The van der Waals surface area contributed by atoms with Crippen LogP contribution in [-0.2, 0) is 6.42 Å². The van der Waals surface area contributed by atoms with Crippen molar-refractivity contribution >= 4 is 22.9 Å². The molecule has 0 amide bonds. The molecule has 0 fully saturated rings. The van der Waals surface area contributed by atoms with E-state index in [-0.39, 0.29) is 26.8 Å². The topological polar surface area (TPSA) is 0 Å². The largest absolute Gasteiger partial charge is 0.364 e. The Labute approximate surface area is 132 Å². The van der Waals surface area contributed by atoms with Crippen LogP contribution in [0.15, 0.2) is 11.7 Å². The van der Waals surface area contributed by atoms with E-state index in [0.29, 0.717) is 12.8 Å². The van der Waals surface area contributed by atoms with Crippen molar-refractivity contribution in [1.82, 2.24) is 0 Å². The minimum Gasteiger partial charge on any atom is -0.208 e. The third-order valence-corrected chi connectivity index (χ3v) is 5.18. The Morgan fingerprint density at radius 3 is 2.23 bits per heavy atom. The lowest BCUT2D eigenvalue weighted by Gasteiger charge is -2.25. The number of halogens is 7. The summed E-state index contributed by atoms with van der Waals surface area (Å²) in [5.41, 5.74) is -0.102. The molecule has 1 aliphatic rings. The quantitative estimate of drug-likeness (QED) is 0.531. The molecular formula is C14H13ClF6S. The maximum atomic E-state index is 14.0. The van der Waals surface area contributed by atoms with E-state index in [9.17, 15) is 26.3 Å². The highest BCUT2D eigenvalue weighted by Gasteiger charge is 2.72. The lowest BCUT2D eigenvalue weighted by Crippen LogP contribution is -2.41. The molecule has 1 atom stereocenters. The summed E-state index contributed by atoms with van der Waals surface area (Å²) in [7, 11) is 0. The van der Waals surface area contributed by atoms with Gasteiger partial charge in [0.1, 0.15) is 5.92 Å². The molecule has 1 aromatic rings. The minimum absolute atomic E-state index is 0.153. The highest BCUT2D eigenvalue weighted by atomic mass is 35.5. The minimum atomic E-state index is -5.15. The Bertz CT molecular complexity index is 619. The normalized spacial score (nSPS) is 23.4. The van der Waals surface area contributed by atoms with Crippen molar-refractivity contribution in [1.29, 1.82) is 0 Å². The Morgan fingerprint density at radius 1 is 1.18 bits per heavy atom. The molecule has 1 unspecified atom stereocenters. The van der Waals surface area contributed by atoms with Gasteiger partial charge in [-0.05, 0) is 30.9 Å². The van der Waals surface area contributed by atoms with E-state index >= 15 is 0 Å². The van der Waals surface area contributed by atoms with Gasteiger partial charge in [-0.2, -0.15) is 17.6 Å². The third-order valence-electron chi connectivity index (χ3n) is 3.77. The number of rotatable bonds is 4. The van der Waals surface area contributed by atoms with Gasteiger partial charge in [0.2, 0.25) is 5.83 Å². The van der Waals surface area contributed by atoms with Gasteiger partial charge in [0.05, 0.1) is 4.34 Å². The molecule has 0 saturated heterocycles. The van der Waals surface area contributed by atoms with Crippen molar-refractivity contribution in [3.63, 3.8) is 0 Å². The fourth-order valence-corrected chi connectivity index (χ4v) is 4.10.